The van der Waals surface area contributed by atoms with Gasteiger partial charge in [0.05, 0.1) is 6.54 Å². The van der Waals surface area contributed by atoms with Crippen LogP contribution in [0, 0.1) is 6.92 Å². The van der Waals surface area contributed by atoms with Crippen molar-refractivity contribution in [2.75, 3.05) is 6.54 Å². The van der Waals surface area contributed by atoms with Crippen LogP contribution in [0.15, 0.2) is 29.3 Å². The van der Waals surface area contributed by atoms with Crippen LogP contribution in [0.4, 0.5) is 0 Å². The standard InChI is InChI=1S/C16H22N2O2/c1-4-9-16(13-8-6-5-7-11(13)2)15(19)12(3)20-14(10-17)18-16/h5-8,12H,4,9-10,17H2,1-3H3. The topological polar surface area (TPSA) is 64.7 Å². The van der Waals surface area contributed by atoms with Crippen LogP contribution in [0.25, 0.3) is 0 Å². The highest BCUT2D eigenvalue weighted by molar-refractivity contribution is 5.99. The number of aryl methyl sites for hydroxylation is 1. The normalized spacial score (nSPS) is 26.1. The van der Waals surface area contributed by atoms with Gasteiger partial charge in [-0.1, -0.05) is 37.6 Å². The second-order valence-electron chi connectivity index (χ2n) is 5.26. The van der Waals surface area contributed by atoms with E-state index < -0.39 is 11.6 Å². The maximum atomic E-state index is 12.8. The van der Waals surface area contributed by atoms with E-state index >= 15 is 0 Å². The van der Waals surface area contributed by atoms with Crippen LogP contribution in [-0.4, -0.2) is 24.3 Å². The van der Waals surface area contributed by atoms with Gasteiger partial charge in [0, 0.05) is 0 Å². The van der Waals surface area contributed by atoms with Crippen LogP contribution in [0.2, 0.25) is 0 Å². The molecule has 0 spiro atoms. The van der Waals surface area contributed by atoms with Crippen molar-refractivity contribution in [2.45, 2.75) is 45.3 Å². The molecule has 2 atom stereocenters. The summed E-state index contributed by atoms with van der Waals surface area (Å²) in [5.74, 6) is 0.486. The molecule has 0 amide bonds. The highest BCUT2D eigenvalue weighted by atomic mass is 16.5. The van der Waals surface area contributed by atoms with Crippen LogP contribution in [-0.2, 0) is 15.1 Å². The molecular formula is C16H22N2O2. The SMILES string of the molecule is CCCC1(c2ccccc2C)N=C(CN)OC(C)C1=O. The molecule has 1 aromatic rings. The van der Waals surface area contributed by atoms with Gasteiger partial charge >= 0.3 is 0 Å². The van der Waals surface area contributed by atoms with E-state index in [4.69, 9.17) is 10.5 Å². The fourth-order valence-electron chi connectivity index (χ4n) is 2.89. The van der Waals surface area contributed by atoms with Gasteiger partial charge in [0.15, 0.2) is 17.5 Å². The molecule has 1 aromatic carbocycles. The summed E-state index contributed by atoms with van der Waals surface area (Å²) in [6, 6.07) is 7.92. The van der Waals surface area contributed by atoms with Gasteiger partial charge < -0.3 is 10.5 Å². The lowest BCUT2D eigenvalue weighted by molar-refractivity contribution is -0.133. The number of Topliss-reactive ketones (excluding diaryl/α,β-unsaturated/α-hetero) is 1. The number of benzene rings is 1. The molecule has 0 aliphatic carbocycles. The van der Waals surface area contributed by atoms with Gasteiger partial charge in [-0.3, -0.25) is 4.79 Å². The first-order valence-electron chi connectivity index (χ1n) is 7.11. The minimum absolute atomic E-state index is 0.0193. The molecule has 2 N–H and O–H groups in total. The van der Waals surface area contributed by atoms with Crippen molar-refractivity contribution in [2.24, 2.45) is 10.7 Å². The summed E-state index contributed by atoms with van der Waals surface area (Å²) < 4.78 is 5.49. The molecule has 1 aliphatic heterocycles. The van der Waals surface area contributed by atoms with Gasteiger partial charge in [-0.05, 0) is 31.4 Å². The number of nitrogens with zero attached hydrogens (tertiary/aromatic N) is 1. The van der Waals surface area contributed by atoms with Crippen LogP contribution < -0.4 is 5.73 Å². The molecule has 4 nitrogen and oxygen atoms in total. The predicted octanol–water partition coefficient (Wildman–Crippen LogP) is 2.34. The first kappa shape index (κ1) is 14.7. The number of nitrogens with two attached hydrogens (primary N) is 1. The molecule has 1 heterocycles. The summed E-state index contributed by atoms with van der Waals surface area (Å²) in [5.41, 5.74) is 6.87. The summed E-state index contributed by atoms with van der Waals surface area (Å²) in [6.07, 6.45) is 1.04. The molecule has 0 saturated carbocycles. The quantitative estimate of drug-likeness (QED) is 0.916. The molecule has 20 heavy (non-hydrogen) atoms. The third kappa shape index (κ3) is 2.36. The summed E-state index contributed by atoms with van der Waals surface area (Å²) in [6.45, 7) is 6.06. The number of hydrogen-bond acceptors (Lipinski definition) is 4. The molecule has 0 bridgehead atoms. The highest BCUT2D eigenvalue weighted by Crippen LogP contribution is 2.38. The average Bonchev–Trinajstić information content (AvgIpc) is 2.44. The highest BCUT2D eigenvalue weighted by Gasteiger charge is 2.46. The smallest absolute Gasteiger partial charge is 0.205 e. The van der Waals surface area contributed by atoms with Crippen LogP contribution >= 0.6 is 0 Å². The Labute approximate surface area is 120 Å². The van der Waals surface area contributed by atoms with Gasteiger partial charge in [-0.25, -0.2) is 4.99 Å². The zero-order valence-corrected chi connectivity index (χ0v) is 12.3. The monoisotopic (exact) mass is 274 g/mol. The molecule has 1 aliphatic rings. The number of carbonyl (C=O) groups excluding carboxylic acids is 1. The summed E-state index contributed by atoms with van der Waals surface area (Å²) >= 11 is 0. The third-order valence-corrected chi connectivity index (χ3v) is 3.78. The lowest BCUT2D eigenvalue weighted by atomic mass is 9.78. The lowest BCUT2D eigenvalue weighted by Gasteiger charge is -2.36. The number of ether oxygens (including phenoxy) is 1. The van der Waals surface area contributed by atoms with Crippen LogP contribution in [0.3, 0.4) is 0 Å². The van der Waals surface area contributed by atoms with Crippen molar-refractivity contribution >= 4 is 11.7 Å². The van der Waals surface area contributed by atoms with Gasteiger partial charge in [-0.2, -0.15) is 0 Å². The zero-order valence-electron chi connectivity index (χ0n) is 12.3. The van der Waals surface area contributed by atoms with E-state index in [-0.39, 0.29) is 12.3 Å². The number of ketones is 1. The maximum absolute atomic E-state index is 12.8. The van der Waals surface area contributed by atoms with E-state index in [1.54, 1.807) is 6.92 Å². The number of hydrogen-bond donors (Lipinski definition) is 1. The maximum Gasteiger partial charge on any atom is 0.205 e. The Morgan fingerprint density at radius 3 is 2.70 bits per heavy atom. The Morgan fingerprint density at radius 2 is 2.10 bits per heavy atom. The van der Waals surface area contributed by atoms with Crippen molar-refractivity contribution in [3.05, 3.63) is 35.4 Å². The van der Waals surface area contributed by atoms with Crippen molar-refractivity contribution < 1.29 is 9.53 Å². The molecule has 0 fully saturated rings. The fourth-order valence-corrected chi connectivity index (χ4v) is 2.89. The van der Waals surface area contributed by atoms with Crippen molar-refractivity contribution in [3.8, 4) is 0 Å². The number of carbonyl (C=O) groups is 1. The van der Waals surface area contributed by atoms with Gasteiger partial charge in [0.1, 0.15) is 0 Å². The lowest BCUT2D eigenvalue weighted by Crippen LogP contribution is -2.48. The Bertz CT molecular complexity index is 539. The fraction of sp³-hybridized carbons (Fsp3) is 0.500. The minimum atomic E-state index is -0.841. The largest absolute Gasteiger partial charge is 0.469 e. The molecule has 2 rings (SSSR count). The second-order valence-corrected chi connectivity index (χ2v) is 5.26. The summed E-state index contributed by atoms with van der Waals surface area (Å²) in [5, 5.41) is 0. The van der Waals surface area contributed by atoms with E-state index in [0.29, 0.717) is 12.3 Å². The van der Waals surface area contributed by atoms with E-state index in [9.17, 15) is 4.79 Å². The number of rotatable bonds is 4. The Hall–Kier alpha value is -1.68. The van der Waals surface area contributed by atoms with Crippen LogP contribution in [0.5, 0.6) is 0 Å². The van der Waals surface area contributed by atoms with Gasteiger partial charge in [-0.15, -0.1) is 0 Å². The van der Waals surface area contributed by atoms with Crippen molar-refractivity contribution in [3.63, 3.8) is 0 Å². The molecule has 4 heteroatoms. The van der Waals surface area contributed by atoms with Crippen molar-refractivity contribution in [1.82, 2.24) is 0 Å². The molecule has 0 saturated heterocycles. The Balaban J connectivity index is 2.64. The van der Waals surface area contributed by atoms with E-state index in [2.05, 4.69) is 11.9 Å². The third-order valence-electron chi connectivity index (χ3n) is 3.78. The second kappa shape index (κ2) is 5.75. The zero-order chi connectivity index (χ0) is 14.8. The van der Waals surface area contributed by atoms with Crippen LogP contribution in [0.1, 0.15) is 37.8 Å². The van der Waals surface area contributed by atoms with Gasteiger partial charge in [0.2, 0.25) is 5.78 Å². The Morgan fingerprint density at radius 1 is 1.40 bits per heavy atom. The van der Waals surface area contributed by atoms with E-state index in [1.165, 1.54) is 0 Å². The molecule has 0 aromatic heterocycles. The van der Waals surface area contributed by atoms with Crippen molar-refractivity contribution in [1.29, 1.82) is 0 Å². The van der Waals surface area contributed by atoms with E-state index in [0.717, 1.165) is 17.5 Å². The Kier molecular flexibility index (Phi) is 4.23. The minimum Gasteiger partial charge on any atom is -0.469 e. The average molecular weight is 274 g/mol. The predicted molar refractivity (Wildman–Crippen MR) is 79.8 cm³/mol. The molecule has 0 radical (unpaired) electrons. The van der Waals surface area contributed by atoms with Gasteiger partial charge in [0.25, 0.3) is 0 Å². The molecule has 2 unspecified atom stereocenters. The first-order chi connectivity index (χ1) is 9.55. The summed E-state index contributed by atoms with van der Waals surface area (Å²) in [4.78, 5) is 17.4. The molecule has 108 valence electrons. The molecular weight excluding hydrogens is 252 g/mol. The van der Waals surface area contributed by atoms with E-state index in [1.807, 2.05) is 31.2 Å². The first-order valence-corrected chi connectivity index (χ1v) is 7.11. The summed E-state index contributed by atoms with van der Waals surface area (Å²) in [7, 11) is 0. The number of aliphatic imine (C=N–C) groups is 1.